The van der Waals surface area contributed by atoms with Crippen LogP contribution < -0.4 is 9.47 Å². The van der Waals surface area contributed by atoms with Gasteiger partial charge in [0.1, 0.15) is 0 Å². The Morgan fingerprint density at radius 3 is 2.45 bits per heavy atom. The molecule has 0 aliphatic carbocycles. The average Bonchev–Trinajstić information content (AvgIpc) is 2.53. The molecule has 7 nitrogen and oxygen atoms in total. The van der Waals surface area contributed by atoms with Gasteiger partial charge in [-0.05, 0) is 17.7 Å². The zero-order chi connectivity index (χ0) is 16.3. The van der Waals surface area contributed by atoms with Crippen LogP contribution in [0.4, 0.5) is 5.69 Å². The molecule has 0 radical (unpaired) electrons. The maximum Gasteiger partial charge on any atom is 0.335 e. The second kappa shape index (κ2) is 6.13. The van der Waals surface area contributed by atoms with Crippen LogP contribution in [0.5, 0.6) is 11.5 Å². The van der Waals surface area contributed by atoms with E-state index in [1.807, 2.05) is 0 Å². The molecule has 0 saturated carbocycles. The lowest BCUT2D eigenvalue weighted by molar-refractivity contribution is -0.384. The molecule has 0 atom stereocenters. The molecule has 2 rings (SSSR count). The first kappa shape index (κ1) is 15.3. The van der Waals surface area contributed by atoms with Crippen molar-refractivity contribution in [2.24, 2.45) is 0 Å². The van der Waals surface area contributed by atoms with Gasteiger partial charge in [-0.25, -0.2) is 4.79 Å². The van der Waals surface area contributed by atoms with E-state index in [1.54, 1.807) is 12.1 Å². The van der Waals surface area contributed by atoms with Gasteiger partial charge in [0.2, 0.25) is 0 Å². The van der Waals surface area contributed by atoms with Crippen molar-refractivity contribution < 1.29 is 24.3 Å². The van der Waals surface area contributed by atoms with Gasteiger partial charge in [0.15, 0.2) is 11.5 Å². The predicted octanol–water partition coefficient (Wildman–Crippen LogP) is 2.98. The van der Waals surface area contributed by atoms with Crippen LogP contribution in [0.15, 0.2) is 36.4 Å². The first-order valence-electron chi connectivity index (χ1n) is 6.22. The van der Waals surface area contributed by atoms with Gasteiger partial charge >= 0.3 is 5.97 Å². The zero-order valence-electron chi connectivity index (χ0n) is 11.9. The Labute approximate surface area is 125 Å². The number of methoxy groups -OCH3 is 2. The van der Waals surface area contributed by atoms with Crippen LogP contribution in [0.1, 0.15) is 10.4 Å². The summed E-state index contributed by atoms with van der Waals surface area (Å²) in [6, 6.07) is 8.64. The minimum Gasteiger partial charge on any atom is -0.493 e. The van der Waals surface area contributed by atoms with Crippen molar-refractivity contribution in [1.82, 2.24) is 0 Å². The van der Waals surface area contributed by atoms with Crippen molar-refractivity contribution in [3.63, 3.8) is 0 Å². The van der Waals surface area contributed by atoms with E-state index in [9.17, 15) is 14.9 Å². The quantitative estimate of drug-likeness (QED) is 0.673. The first-order valence-corrected chi connectivity index (χ1v) is 6.22. The van der Waals surface area contributed by atoms with Gasteiger partial charge in [0, 0.05) is 11.6 Å². The topological polar surface area (TPSA) is 98.9 Å². The number of non-ortho nitro benzene ring substituents is 1. The minimum atomic E-state index is -1.08. The van der Waals surface area contributed by atoms with Gasteiger partial charge in [0.25, 0.3) is 5.69 Å². The zero-order valence-corrected chi connectivity index (χ0v) is 11.9. The standard InChI is InChI=1S/C15H13NO6/c1-21-13-8-11(16(19)20)7-12(14(13)22-2)9-4-3-5-10(6-9)15(17)18/h3-8H,1-2H3,(H,17,18). The van der Waals surface area contributed by atoms with Gasteiger partial charge in [-0.15, -0.1) is 0 Å². The number of carboxylic acid groups (broad SMARTS) is 1. The van der Waals surface area contributed by atoms with E-state index in [-0.39, 0.29) is 17.0 Å². The molecule has 0 spiro atoms. The highest BCUT2D eigenvalue weighted by molar-refractivity contribution is 5.90. The Morgan fingerprint density at radius 2 is 1.91 bits per heavy atom. The molecule has 0 fully saturated rings. The third-order valence-corrected chi connectivity index (χ3v) is 3.09. The number of carboxylic acids is 1. The molecule has 0 aliphatic rings. The second-order valence-electron chi connectivity index (χ2n) is 4.37. The van der Waals surface area contributed by atoms with E-state index >= 15 is 0 Å². The maximum atomic E-state index is 11.1. The number of rotatable bonds is 5. The number of benzene rings is 2. The average molecular weight is 303 g/mol. The fraction of sp³-hybridized carbons (Fsp3) is 0.133. The molecule has 0 aliphatic heterocycles. The van der Waals surface area contributed by atoms with Crippen LogP contribution in [0.2, 0.25) is 0 Å². The Bertz CT molecular complexity index is 741. The molecule has 7 heteroatoms. The summed E-state index contributed by atoms with van der Waals surface area (Å²) in [5.41, 5.74) is 0.772. The van der Waals surface area contributed by atoms with E-state index in [0.717, 1.165) is 0 Å². The van der Waals surface area contributed by atoms with Crippen LogP contribution in [0.3, 0.4) is 0 Å². The van der Waals surface area contributed by atoms with E-state index < -0.39 is 10.9 Å². The van der Waals surface area contributed by atoms with E-state index in [1.165, 1.54) is 38.5 Å². The van der Waals surface area contributed by atoms with E-state index in [2.05, 4.69) is 0 Å². The van der Waals surface area contributed by atoms with Gasteiger partial charge in [-0.1, -0.05) is 12.1 Å². The highest BCUT2D eigenvalue weighted by Gasteiger charge is 2.19. The van der Waals surface area contributed by atoms with Crippen molar-refractivity contribution in [2.75, 3.05) is 14.2 Å². The van der Waals surface area contributed by atoms with Crippen LogP contribution >= 0.6 is 0 Å². The molecule has 0 amide bonds. The monoisotopic (exact) mass is 303 g/mol. The predicted molar refractivity (Wildman–Crippen MR) is 78.6 cm³/mol. The molecule has 0 heterocycles. The smallest absolute Gasteiger partial charge is 0.335 e. The van der Waals surface area contributed by atoms with Gasteiger partial charge < -0.3 is 14.6 Å². The number of aromatic carboxylic acids is 1. The van der Waals surface area contributed by atoms with Crippen LogP contribution in [-0.4, -0.2) is 30.2 Å². The summed E-state index contributed by atoms with van der Waals surface area (Å²) in [5.74, 6) is -0.582. The molecular weight excluding hydrogens is 290 g/mol. The fourth-order valence-corrected chi connectivity index (χ4v) is 2.09. The number of carbonyl (C=O) groups is 1. The number of ether oxygens (including phenoxy) is 2. The molecule has 0 unspecified atom stereocenters. The number of hydrogen-bond donors (Lipinski definition) is 1. The molecular formula is C15H13NO6. The van der Waals surface area contributed by atoms with Gasteiger partial charge in [-0.3, -0.25) is 10.1 Å². The van der Waals surface area contributed by atoms with E-state index in [4.69, 9.17) is 14.6 Å². The fourth-order valence-electron chi connectivity index (χ4n) is 2.09. The normalized spacial score (nSPS) is 10.1. The first-order chi connectivity index (χ1) is 10.5. The van der Waals surface area contributed by atoms with Gasteiger partial charge in [-0.2, -0.15) is 0 Å². The Kier molecular flexibility index (Phi) is 4.26. The Balaban J connectivity index is 2.72. The summed E-state index contributed by atoms with van der Waals surface area (Å²) in [4.78, 5) is 21.6. The van der Waals surface area contributed by atoms with Crippen molar-refractivity contribution in [1.29, 1.82) is 0 Å². The molecule has 0 bridgehead atoms. The summed E-state index contributed by atoms with van der Waals surface area (Å²) in [6.45, 7) is 0. The van der Waals surface area contributed by atoms with Crippen LogP contribution in [-0.2, 0) is 0 Å². The summed E-state index contributed by atoms with van der Waals surface area (Å²) in [7, 11) is 2.78. The molecule has 1 N–H and O–H groups in total. The minimum absolute atomic E-state index is 0.0741. The number of hydrogen-bond acceptors (Lipinski definition) is 5. The highest BCUT2D eigenvalue weighted by Crippen LogP contribution is 2.41. The molecule has 22 heavy (non-hydrogen) atoms. The summed E-state index contributed by atoms with van der Waals surface area (Å²) < 4.78 is 10.4. The SMILES string of the molecule is COc1cc([N+](=O)[O-])cc(-c2cccc(C(=O)O)c2)c1OC. The Morgan fingerprint density at radius 1 is 1.18 bits per heavy atom. The third kappa shape index (κ3) is 2.83. The lowest BCUT2D eigenvalue weighted by Gasteiger charge is -2.13. The van der Waals surface area contributed by atoms with Crippen molar-refractivity contribution in [3.05, 3.63) is 52.1 Å². The lowest BCUT2D eigenvalue weighted by Crippen LogP contribution is -1.99. The second-order valence-corrected chi connectivity index (χ2v) is 4.37. The van der Waals surface area contributed by atoms with Crippen molar-refractivity contribution >= 4 is 11.7 Å². The largest absolute Gasteiger partial charge is 0.493 e. The summed E-state index contributed by atoms with van der Waals surface area (Å²) in [6.07, 6.45) is 0. The molecule has 2 aromatic carbocycles. The lowest BCUT2D eigenvalue weighted by atomic mass is 10.0. The highest BCUT2D eigenvalue weighted by atomic mass is 16.6. The third-order valence-electron chi connectivity index (χ3n) is 3.09. The van der Waals surface area contributed by atoms with Crippen molar-refractivity contribution in [2.45, 2.75) is 0 Å². The Hall–Kier alpha value is -3.09. The molecule has 2 aromatic rings. The number of nitro benzene ring substituents is 1. The summed E-state index contributed by atoms with van der Waals surface area (Å²) >= 11 is 0. The molecule has 0 saturated heterocycles. The molecule has 0 aromatic heterocycles. The van der Waals surface area contributed by atoms with Crippen LogP contribution in [0, 0.1) is 10.1 Å². The maximum absolute atomic E-state index is 11.1. The van der Waals surface area contributed by atoms with Gasteiger partial charge in [0.05, 0.1) is 30.8 Å². The summed E-state index contributed by atoms with van der Waals surface area (Å²) in [5, 5.41) is 20.1. The van der Waals surface area contributed by atoms with Crippen molar-refractivity contribution in [3.8, 4) is 22.6 Å². The van der Waals surface area contributed by atoms with E-state index in [0.29, 0.717) is 16.9 Å². The van der Waals surface area contributed by atoms with Crippen LogP contribution in [0.25, 0.3) is 11.1 Å². The number of nitrogens with zero attached hydrogens (tertiary/aromatic N) is 1. The number of nitro groups is 1. The molecule has 114 valence electrons.